The van der Waals surface area contributed by atoms with Crippen molar-refractivity contribution in [2.24, 2.45) is 5.73 Å². The Morgan fingerprint density at radius 1 is 1.40 bits per heavy atom. The SMILES string of the molecule is NC(=S)CNC(=O)c1c(F)cccc1F. The normalized spacial score (nSPS) is 9.73. The molecule has 0 bridgehead atoms. The second-order valence-corrected chi connectivity index (χ2v) is 3.27. The molecule has 0 aliphatic rings. The number of hydrogen-bond acceptors (Lipinski definition) is 2. The first-order valence-corrected chi connectivity index (χ1v) is 4.43. The standard InChI is InChI=1S/C9H8F2N2OS/c10-5-2-1-3-6(11)8(5)9(14)13-4-7(12)15/h1-3H,4H2,(H2,12,15)(H,13,14). The second kappa shape index (κ2) is 4.79. The highest BCUT2D eigenvalue weighted by atomic mass is 32.1. The molecule has 1 amide bonds. The van der Waals surface area contributed by atoms with Gasteiger partial charge in [0.15, 0.2) is 0 Å². The number of carbonyl (C=O) groups excluding carboxylic acids is 1. The molecule has 0 unspecified atom stereocenters. The number of hydrogen-bond donors (Lipinski definition) is 2. The fourth-order valence-electron chi connectivity index (χ4n) is 0.971. The molecule has 0 spiro atoms. The van der Waals surface area contributed by atoms with E-state index in [2.05, 4.69) is 17.5 Å². The fraction of sp³-hybridized carbons (Fsp3) is 0.111. The van der Waals surface area contributed by atoms with Crippen molar-refractivity contribution in [1.82, 2.24) is 5.32 Å². The minimum atomic E-state index is -0.921. The van der Waals surface area contributed by atoms with Crippen LogP contribution in [-0.4, -0.2) is 17.4 Å². The van der Waals surface area contributed by atoms with E-state index in [1.165, 1.54) is 6.07 Å². The minimum absolute atomic E-state index is 0.0418. The van der Waals surface area contributed by atoms with Gasteiger partial charge in [0.25, 0.3) is 5.91 Å². The number of thiocarbonyl (C=S) groups is 1. The van der Waals surface area contributed by atoms with Crippen LogP contribution in [0.5, 0.6) is 0 Å². The van der Waals surface area contributed by atoms with Crippen LogP contribution in [0.2, 0.25) is 0 Å². The highest BCUT2D eigenvalue weighted by molar-refractivity contribution is 7.80. The number of carbonyl (C=O) groups is 1. The quantitative estimate of drug-likeness (QED) is 0.761. The maximum atomic E-state index is 13.1. The molecule has 0 saturated carbocycles. The summed E-state index contributed by atoms with van der Waals surface area (Å²) in [6.07, 6.45) is 0. The Hall–Kier alpha value is -1.56. The molecular formula is C9H8F2N2OS. The van der Waals surface area contributed by atoms with Gasteiger partial charge in [-0.2, -0.15) is 0 Å². The largest absolute Gasteiger partial charge is 0.392 e. The third-order valence-electron chi connectivity index (χ3n) is 1.61. The highest BCUT2D eigenvalue weighted by Gasteiger charge is 2.16. The Bertz CT molecular complexity index is 389. The number of rotatable bonds is 3. The zero-order chi connectivity index (χ0) is 11.4. The molecule has 0 radical (unpaired) electrons. The van der Waals surface area contributed by atoms with Gasteiger partial charge in [0.1, 0.15) is 17.2 Å². The molecule has 3 N–H and O–H groups in total. The summed E-state index contributed by atoms with van der Waals surface area (Å²) in [7, 11) is 0. The van der Waals surface area contributed by atoms with E-state index in [0.29, 0.717) is 0 Å². The summed E-state index contributed by atoms with van der Waals surface area (Å²) < 4.78 is 26.1. The Labute approximate surface area is 90.3 Å². The van der Waals surface area contributed by atoms with Crippen molar-refractivity contribution in [2.75, 3.05) is 6.54 Å². The van der Waals surface area contributed by atoms with Crippen LogP contribution in [0.15, 0.2) is 18.2 Å². The first-order valence-electron chi connectivity index (χ1n) is 4.03. The van der Waals surface area contributed by atoms with Crippen molar-refractivity contribution in [3.8, 4) is 0 Å². The molecule has 1 aromatic rings. The Morgan fingerprint density at radius 3 is 2.40 bits per heavy atom. The van der Waals surface area contributed by atoms with Crippen molar-refractivity contribution in [1.29, 1.82) is 0 Å². The molecular weight excluding hydrogens is 222 g/mol. The van der Waals surface area contributed by atoms with E-state index in [1.54, 1.807) is 0 Å². The zero-order valence-electron chi connectivity index (χ0n) is 7.59. The van der Waals surface area contributed by atoms with E-state index >= 15 is 0 Å². The summed E-state index contributed by atoms with van der Waals surface area (Å²) >= 11 is 4.51. The molecule has 1 aromatic carbocycles. The van der Waals surface area contributed by atoms with Gasteiger partial charge in [-0.05, 0) is 12.1 Å². The summed E-state index contributed by atoms with van der Waals surface area (Å²) in [5.41, 5.74) is 4.49. The van der Waals surface area contributed by atoms with Crippen LogP contribution < -0.4 is 11.1 Å². The molecule has 80 valence electrons. The lowest BCUT2D eigenvalue weighted by Gasteiger charge is -2.05. The third kappa shape index (κ3) is 2.95. The smallest absolute Gasteiger partial charge is 0.257 e. The average Bonchev–Trinajstić information content (AvgIpc) is 2.14. The number of nitrogens with one attached hydrogen (secondary N) is 1. The van der Waals surface area contributed by atoms with Gasteiger partial charge in [-0.1, -0.05) is 18.3 Å². The van der Waals surface area contributed by atoms with Crippen molar-refractivity contribution in [2.45, 2.75) is 0 Å². The first kappa shape index (κ1) is 11.5. The van der Waals surface area contributed by atoms with E-state index in [-0.39, 0.29) is 11.5 Å². The van der Waals surface area contributed by atoms with Crippen LogP contribution >= 0.6 is 12.2 Å². The monoisotopic (exact) mass is 230 g/mol. The van der Waals surface area contributed by atoms with Crippen LogP contribution in [0, 0.1) is 11.6 Å². The van der Waals surface area contributed by atoms with Gasteiger partial charge in [0.05, 0.1) is 11.5 Å². The predicted octanol–water partition coefficient (Wildman–Crippen LogP) is 0.981. The highest BCUT2D eigenvalue weighted by Crippen LogP contribution is 2.11. The van der Waals surface area contributed by atoms with Gasteiger partial charge < -0.3 is 11.1 Å². The molecule has 0 saturated heterocycles. The fourth-order valence-corrected chi connectivity index (χ4v) is 1.04. The summed E-state index contributed by atoms with van der Waals surface area (Å²) in [5.74, 6) is -2.72. The van der Waals surface area contributed by atoms with Crippen molar-refractivity contribution in [3.63, 3.8) is 0 Å². The van der Waals surface area contributed by atoms with Crippen molar-refractivity contribution in [3.05, 3.63) is 35.4 Å². The molecule has 0 heterocycles. The van der Waals surface area contributed by atoms with Crippen LogP contribution in [0.3, 0.4) is 0 Å². The molecule has 0 aromatic heterocycles. The van der Waals surface area contributed by atoms with E-state index in [1.807, 2.05) is 0 Å². The van der Waals surface area contributed by atoms with E-state index in [4.69, 9.17) is 5.73 Å². The zero-order valence-corrected chi connectivity index (χ0v) is 8.41. The Balaban J connectivity index is 2.86. The van der Waals surface area contributed by atoms with Crippen LogP contribution in [-0.2, 0) is 0 Å². The topological polar surface area (TPSA) is 55.1 Å². The van der Waals surface area contributed by atoms with Gasteiger partial charge >= 0.3 is 0 Å². The number of amides is 1. The average molecular weight is 230 g/mol. The van der Waals surface area contributed by atoms with Crippen molar-refractivity contribution >= 4 is 23.1 Å². The van der Waals surface area contributed by atoms with E-state index in [9.17, 15) is 13.6 Å². The molecule has 0 aliphatic heterocycles. The summed E-state index contributed by atoms with van der Waals surface area (Å²) in [6.45, 7) is -0.0953. The molecule has 15 heavy (non-hydrogen) atoms. The van der Waals surface area contributed by atoms with Gasteiger partial charge in [0, 0.05) is 0 Å². The number of nitrogens with two attached hydrogens (primary N) is 1. The minimum Gasteiger partial charge on any atom is -0.392 e. The third-order valence-corrected chi connectivity index (χ3v) is 1.76. The maximum Gasteiger partial charge on any atom is 0.257 e. The number of halogens is 2. The van der Waals surface area contributed by atoms with Crippen LogP contribution in [0.1, 0.15) is 10.4 Å². The van der Waals surface area contributed by atoms with Gasteiger partial charge in [-0.3, -0.25) is 4.79 Å². The first-order chi connectivity index (χ1) is 7.02. The summed E-state index contributed by atoms with van der Waals surface area (Å²) in [4.78, 5) is 11.3. The molecule has 0 aliphatic carbocycles. The lowest BCUT2D eigenvalue weighted by molar-refractivity contribution is 0.0951. The van der Waals surface area contributed by atoms with Crippen LogP contribution in [0.25, 0.3) is 0 Å². The summed E-state index contributed by atoms with van der Waals surface area (Å²) in [6, 6.07) is 3.17. The van der Waals surface area contributed by atoms with Gasteiger partial charge in [-0.25, -0.2) is 8.78 Å². The summed E-state index contributed by atoms with van der Waals surface area (Å²) in [5, 5.41) is 2.19. The molecule has 3 nitrogen and oxygen atoms in total. The van der Waals surface area contributed by atoms with Gasteiger partial charge in [-0.15, -0.1) is 0 Å². The molecule has 0 fully saturated rings. The second-order valence-electron chi connectivity index (χ2n) is 2.75. The van der Waals surface area contributed by atoms with Crippen LogP contribution in [0.4, 0.5) is 8.78 Å². The molecule has 1 rings (SSSR count). The lowest BCUT2D eigenvalue weighted by Crippen LogP contribution is -2.33. The molecule has 6 heteroatoms. The van der Waals surface area contributed by atoms with E-state index < -0.39 is 23.1 Å². The Morgan fingerprint density at radius 2 is 1.93 bits per heavy atom. The molecule has 0 atom stereocenters. The van der Waals surface area contributed by atoms with Gasteiger partial charge in [0.2, 0.25) is 0 Å². The predicted molar refractivity (Wildman–Crippen MR) is 55.5 cm³/mol. The number of benzene rings is 1. The lowest BCUT2D eigenvalue weighted by atomic mass is 10.2. The van der Waals surface area contributed by atoms with E-state index in [0.717, 1.165) is 12.1 Å². The maximum absolute atomic E-state index is 13.1. The van der Waals surface area contributed by atoms with Crippen molar-refractivity contribution < 1.29 is 13.6 Å². The Kier molecular flexibility index (Phi) is 3.68.